The molecule has 2 aliphatic rings. The van der Waals surface area contributed by atoms with E-state index in [-0.39, 0.29) is 37.8 Å². The van der Waals surface area contributed by atoms with Crippen molar-refractivity contribution in [3.05, 3.63) is 63.7 Å². The maximum atomic E-state index is 14.1. The largest absolute Gasteiger partial charge is 0.423 e. The average molecular weight is 640 g/mol. The number of alkyl halides is 9. The second-order valence-electron chi connectivity index (χ2n) is 11.4. The SMILES string of the molecule is O=C(C(CC1CCN(c2ccc(C(F)(F)F)cc2)CC1)C(F)(F)F)[C@H]1CC[C@H](Nc2ccc([N+](=O)[O-])c(C(F)(F)F)c2)CC1. The van der Waals surface area contributed by atoms with Crippen LogP contribution < -0.4 is 10.2 Å². The molecule has 15 heteroatoms. The lowest BCUT2D eigenvalue weighted by molar-refractivity contribution is -0.388. The maximum Gasteiger partial charge on any atom is 0.423 e. The predicted octanol–water partition coefficient (Wildman–Crippen LogP) is 8.66. The van der Waals surface area contributed by atoms with Crippen molar-refractivity contribution in [2.75, 3.05) is 23.3 Å². The summed E-state index contributed by atoms with van der Waals surface area (Å²) in [5, 5.41) is 13.8. The van der Waals surface area contributed by atoms with Crippen molar-refractivity contribution in [1.29, 1.82) is 0 Å². The summed E-state index contributed by atoms with van der Waals surface area (Å²) in [6.45, 7) is 0.675. The van der Waals surface area contributed by atoms with Gasteiger partial charge in [-0.05, 0) is 87.3 Å². The van der Waals surface area contributed by atoms with Gasteiger partial charge in [-0.1, -0.05) is 0 Å². The molecule has 2 fully saturated rings. The normalized spacial score (nSPS) is 21.2. The molecule has 4 rings (SSSR count). The van der Waals surface area contributed by atoms with E-state index in [1.54, 1.807) is 4.90 Å². The van der Waals surface area contributed by atoms with Crippen LogP contribution in [0.5, 0.6) is 0 Å². The van der Waals surface area contributed by atoms with Gasteiger partial charge in [0.15, 0.2) is 0 Å². The lowest BCUT2D eigenvalue weighted by Gasteiger charge is -2.36. The summed E-state index contributed by atoms with van der Waals surface area (Å²) in [4.78, 5) is 24.7. The van der Waals surface area contributed by atoms with Crippen LogP contribution in [0.15, 0.2) is 42.5 Å². The molecule has 2 aromatic carbocycles. The van der Waals surface area contributed by atoms with Gasteiger partial charge < -0.3 is 10.2 Å². The van der Waals surface area contributed by atoms with Crippen LogP contribution in [0, 0.1) is 27.9 Å². The molecule has 1 atom stereocenters. The van der Waals surface area contributed by atoms with Gasteiger partial charge in [-0.2, -0.15) is 39.5 Å². The Kier molecular flexibility index (Phi) is 9.74. The van der Waals surface area contributed by atoms with Crippen LogP contribution in [0.25, 0.3) is 0 Å². The third-order valence-corrected chi connectivity index (χ3v) is 8.48. The number of halogens is 9. The lowest BCUT2D eigenvalue weighted by atomic mass is 9.76. The van der Waals surface area contributed by atoms with Gasteiger partial charge >= 0.3 is 18.5 Å². The first-order valence-electron chi connectivity index (χ1n) is 14.1. The van der Waals surface area contributed by atoms with Gasteiger partial charge in [0.2, 0.25) is 0 Å². The first-order chi connectivity index (χ1) is 20.4. The molecule has 1 saturated heterocycles. The molecule has 2 aromatic rings. The number of ketones is 1. The van der Waals surface area contributed by atoms with Gasteiger partial charge in [-0.15, -0.1) is 0 Å². The van der Waals surface area contributed by atoms with E-state index < -0.39 is 69.8 Å². The van der Waals surface area contributed by atoms with Gasteiger partial charge in [0.1, 0.15) is 17.3 Å². The highest BCUT2D eigenvalue weighted by atomic mass is 19.4. The molecule has 242 valence electrons. The van der Waals surface area contributed by atoms with Gasteiger partial charge in [-0.25, -0.2) is 0 Å². The molecular weight excluding hydrogens is 609 g/mol. The molecule has 6 nitrogen and oxygen atoms in total. The Hall–Kier alpha value is -3.52. The smallest absolute Gasteiger partial charge is 0.382 e. The summed E-state index contributed by atoms with van der Waals surface area (Å²) in [7, 11) is 0. The number of nitro benzene ring substituents is 1. The molecule has 1 heterocycles. The molecule has 44 heavy (non-hydrogen) atoms. The number of nitrogens with one attached hydrogen (secondary N) is 1. The maximum absolute atomic E-state index is 14.1. The second kappa shape index (κ2) is 12.8. The van der Waals surface area contributed by atoms with Crippen molar-refractivity contribution in [1.82, 2.24) is 0 Å². The quantitative estimate of drug-likeness (QED) is 0.178. The van der Waals surface area contributed by atoms with Crippen molar-refractivity contribution < 1.29 is 49.2 Å². The fourth-order valence-electron chi connectivity index (χ4n) is 6.09. The number of carbonyl (C=O) groups is 1. The van der Waals surface area contributed by atoms with Crippen molar-refractivity contribution in [2.45, 2.75) is 69.5 Å². The third-order valence-electron chi connectivity index (χ3n) is 8.48. The zero-order valence-corrected chi connectivity index (χ0v) is 23.2. The molecule has 1 saturated carbocycles. The van der Waals surface area contributed by atoms with Gasteiger partial charge in [0, 0.05) is 42.5 Å². The van der Waals surface area contributed by atoms with Crippen LogP contribution in [0.2, 0.25) is 0 Å². The highest BCUT2D eigenvalue weighted by Crippen LogP contribution is 2.41. The fraction of sp³-hybridized carbons (Fsp3) is 0.552. The Bertz CT molecular complexity index is 1310. The van der Waals surface area contributed by atoms with Gasteiger partial charge in [0.25, 0.3) is 5.69 Å². The number of nitrogens with zero attached hydrogens (tertiary/aromatic N) is 2. The Morgan fingerprint density at radius 2 is 1.45 bits per heavy atom. The molecule has 1 aliphatic carbocycles. The molecule has 0 bridgehead atoms. The fourth-order valence-corrected chi connectivity index (χ4v) is 6.09. The summed E-state index contributed by atoms with van der Waals surface area (Å²) >= 11 is 0. The summed E-state index contributed by atoms with van der Waals surface area (Å²) < 4.78 is 121. The van der Waals surface area contributed by atoms with Crippen LogP contribution in [-0.2, 0) is 17.1 Å². The number of hydrogen-bond acceptors (Lipinski definition) is 5. The van der Waals surface area contributed by atoms with E-state index in [9.17, 15) is 54.4 Å². The number of rotatable bonds is 8. The van der Waals surface area contributed by atoms with E-state index in [1.165, 1.54) is 12.1 Å². The zero-order valence-electron chi connectivity index (χ0n) is 23.2. The van der Waals surface area contributed by atoms with Gasteiger partial charge in [0.05, 0.1) is 10.5 Å². The molecule has 0 aromatic heterocycles. The summed E-state index contributed by atoms with van der Waals surface area (Å²) in [5.74, 6) is -4.34. The molecule has 0 radical (unpaired) electrons. The highest BCUT2D eigenvalue weighted by molar-refractivity contribution is 5.84. The molecule has 1 N–H and O–H groups in total. The molecular formula is C29H30F9N3O3. The standard InChI is InChI=1S/C29H30F9N3O3/c30-27(31,32)19-3-8-22(9-4-19)40-13-11-17(12-14-40)15-24(29(36,37)38)26(42)18-1-5-20(6-2-18)39-21-7-10-25(41(43)44)23(16-21)28(33,34)35/h3-4,7-10,16-18,20,24,39H,1-2,5-6,11-15H2/t18-,20-,24?. The number of carbonyl (C=O) groups excluding carboxylic acids is 1. The average Bonchev–Trinajstić information content (AvgIpc) is 2.95. The molecule has 0 amide bonds. The van der Waals surface area contributed by atoms with Crippen LogP contribution in [-0.4, -0.2) is 36.0 Å². The van der Waals surface area contributed by atoms with E-state index >= 15 is 0 Å². The number of Topliss-reactive ketones (excluding diaryl/α,β-unsaturated/α-hetero) is 1. The minimum Gasteiger partial charge on any atom is -0.382 e. The van der Waals surface area contributed by atoms with Crippen molar-refractivity contribution in [3.8, 4) is 0 Å². The third kappa shape index (κ3) is 8.14. The molecule has 1 aliphatic heterocycles. The van der Waals surface area contributed by atoms with Gasteiger partial charge in [-0.3, -0.25) is 14.9 Å². The Labute approximate surface area is 246 Å². The minimum absolute atomic E-state index is 0.0199. The number of benzene rings is 2. The van der Waals surface area contributed by atoms with Crippen LogP contribution >= 0.6 is 0 Å². The van der Waals surface area contributed by atoms with Crippen molar-refractivity contribution in [2.24, 2.45) is 17.8 Å². The summed E-state index contributed by atoms with van der Waals surface area (Å²) in [6, 6.07) is 6.62. The monoisotopic (exact) mass is 639 g/mol. The highest BCUT2D eigenvalue weighted by Gasteiger charge is 2.48. The van der Waals surface area contributed by atoms with Crippen LogP contribution in [0.1, 0.15) is 56.1 Å². The topological polar surface area (TPSA) is 75.5 Å². The van der Waals surface area contributed by atoms with Crippen LogP contribution in [0.4, 0.5) is 56.6 Å². The summed E-state index contributed by atoms with van der Waals surface area (Å²) in [6.07, 6.45) is -13.2. The van der Waals surface area contributed by atoms with E-state index in [2.05, 4.69) is 5.32 Å². The first kappa shape index (κ1) is 33.4. The van der Waals surface area contributed by atoms with E-state index in [4.69, 9.17) is 0 Å². The van der Waals surface area contributed by atoms with E-state index in [0.717, 1.165) is 24.3 Å². The minimum atomic E-state index is -4.96. The number of anilines is 2. The molecule has 1 unspecified atom stereocenters. The number of piperidine rings is 1. The number of hydrogen-bond donors (Lipinski definition) is 1. The summed E-state index contributed by atoms with van der Waals surface area (Å²) in [5.41, 5.74) is -2.80. The van der Waals surface area contributed by atoms with Crippen molar-refractivity contribution >= 4 is 22.8 Å². The predicted molar refractivity (Wildman–Crippen MR) is 143 cm³/mol. The van der Waals surface area contributed by atoms with E-state index in [0.29, 0.717) is 37.7 Å². The zero-order chi connectivity index (χ0) is 32.4. The Balaban J connectivity index is 1.32. The molecule has 0 spiro atoms. The van der Waals surface area contributed by atoms with E-state index in [1.807, 2.05) is 0 Å². The number of nitro groups is 1. The Morgan fingerprint density at radius 3 is 1.95 bits per heavy atom. The van der Waals surface area contributed by atoms with Crippen molar-refractivity contribution in [3.63, 3.8) is 0 Å². The van der Waals surface area contributed by atoms with Crippen LogP contribution in [0.3, 0.4) is 0 Å². The Morgan fingerprint density at radius 1 is 0.864 bits per heavy atom. The second-order valence-corrected chi connectivity index (χ2v) is 11.4. The lowest BCUT2D eigenvalue weighted by Crippen LogP contribution is -2.41. The first-order valence-corrected chi connectivity index (χ1v) is 14.1.